The second-order valence-corrected chi connectivity index (χ2v) is 7.61. The molecular weight excluding hydrogens is 458 g/mol. The van der Waals surface area contributed by atoms with Gasteiger partial charge in [-0.2, -0.15) is 0 Å². The third kappa shape index (κ3) is 6.69. The van der Waals surface area contributed by atoms with Crippen LogP contribution in [0.25, 0.3) is 0 Å². The SMILES string of the molecule is CCCCCNCc1cc(Br)c(OCc2ccc3c(c2)OCCO3)c(OC)c1.Cl. The van der Waals surface area contributed by atoms with E-state index in [1.165, 1.54) is 19.3 Å². The standard InChI is InChI=1S/C22H28BrNO4.ClH/c1-3-4-5-8-24-14-17-11-18(23)22(21(13-17)25-2)28-15-16-6-7-19-20(12-16)27-10-9-26-19;/h6-7,11-13,24H,3-5,8-10,14-15H2,1-2H3;1H. The minimum absolute atomic E-state index is 0. The van der Waals surface area contributed by atoms with Crippen LogP contribution in [0.1, 0.15) is 37.3 Å². The second kappa shape index (κ2) is 12.2. The summed E-state index contributed by atoms with van der Waals surface area (Å²) in [5.41, 5.74) is 2.17. The molecule has 7 heteroatoms. The lowest BCUT2D eigenvalue weighted by molar-refractivity contribution is 0.171. The lowest BCUT2D eigenvalue weighted by Gasteiger charge is -2.19. The van der Waals surface area contributed by atoms with Crippen LogP contribution in [0.5, 0.6) is 23.0 Å². The summed E-state index contributed by atoms with van der Waals surface area (Å²) in [5, 5.41) is 3.48. The highest BCUT2D eigenvalue weighted by Gasteiger charge is 2.14. The average molecular weight is 487 g/mol. The third-order valence-corrected chi connectivity index (χ3v) is 5.15. The Morgan fingerprint density at radius 2 is 1.83 bits per heavy atom. The van der Waals surface area contributed by atoms with Gasteiger partial charge in [0.2, 0.25) is 0 Å². The first-order valence-electron chi connectivity index (χ1n) is 9.79. The number of rotatable bonds is 10. The molecule has 1 N–H and O–H groups in total. The molecule has 0 bridgehead atoms. The molecule has 5 nitrogen and oxygen atoms in total. The molecule has 1 aliphatic rings. The number of methoxy groups -OCH3 is 1. The van der Waals surface area contributed by atoms with Crippen molar-refractivity contribution in [1.29, 1.82) is 0 Å². The third-order valence-electron chi connectivity index (χ3n) is 4.57. The van der Waals surface area contributed by atoms with Crippen LogP contribution in [0.3, 0.4) is 0 Å². The first-order chi connectivity index (χ1) is 13.7. The first-order valence-corrected chi connectivity index (χ1v) is 10.6. The maximum absolute atomic E-state index is 6.06. The summed E-state index contributed by atoms with van der Waals surface area (Å²) < 4.78 is 23.7. The van der Waals surface area contributed by atoms with Crippen molar-refractivity contribution in [3.63, 3.8) is 0 Å². The summed E-state index contributed by atoms with van der Waals surface area (Å²) in [6.45, 7) is 5.63. The normalized spacial score (nSPS) is 12.2. The maximum atomic E-state index is 6.06. The predicted octanol–water partition coefficient (Wildman–Crippen LogP) is 5.51. The molecule has 2 aromatic carbocycles. The number of fused-ring (bicyclic) bond motifs is 1. The van der Waals surface area contributed by atoms with E-state index in [1.807, 2.05) is 24.3 Å². The van der Waals surface area contributed by atoms with Gasteiger partial charge in [0.1, 0.15) is 19.8 Å². The van der Waals surface area contributed by atoms with Crippen LogP contribution < -0.4 is 24.3 Å². The van der Waals surface area contributed by atoms with Crippen molar-refractivity contribution in [3.05, 3.63) is 45.9 Å². The Morgan fingerprint density at radius 3 is 2.59 bits per heavy atom. The van der Waals surface area contributed by atoms with E-state index < -0.39 is 0 Å². The largest absolute Gasteiger partial charge is 0.493 e. The number of benzene rings is 2. The van der Waals surface area contributed by atoms with Crippen LogP contribution >= 0.6 is 28.3 Å². The van der Waals surface area contributed by atoms with E-state index in [1.54, 1.807) is 7.11 Å². The topological polar surface area (TPSA) is 49.0 Å². The highest BCUT2D eigenvalue weighted by molar-refractivity contribution is 9.10. The summed E-state index contributed by atoms with van der Waals surface area (Å²) in [7, 11) is 1.66. The average Bonchev–Trinajstić information content (AvgIpc) is 2.72. The molecule has 3 rings (SSSR count). The Morgan fingerprint density at radius 1 is 1.03 bits per heavy atom. The van der Waals surface area contributed by atoms with E-state index in [-0.39, 0.29) is 12.4 Å². The number of ether oxygens (including phenoxy) is 4. The van der Waals surface area contributed by atoms with Gasteiger partial charge >= 0.3 is 0 Å². The van der Waals surface area contributed by atoms with Gasteiger partial charge in [-0.25, -0.2) is 0 Å². The van der Waals surface area contributed by atoms with Crippen LogP contribution in [0, 0.1) is 0 Å². The van der Waals surface area contributed by atoms with Gasteiger partial charge < -0.3 is 24.3 Å². The van der Waals surface area contributed by atoms with Crippen LogP contribution in [0.2, 0.25) is 0 Å². The van der Waals surface area contributed by atoms with Crippen molar-refractivity contribution >= 4 is 28.3 Å². The molecule has 1 aliphatic heterocycles. The highest BCUT2D eigenvalue weighted by atomic mass is 79.9. The van der Waals surface area contributed by atoms with Crippen molar-refractivity contribution < 1.29 is 18.9 Å². The summed E-state index contributed by atoms with van der Waals surface area (Å²) in [4.78, 5) is 0. The molecule has 1 heterocycles. The summed E-state index contributed by atoms with van der Waals surface area (Å²) >= 11 is 3.63. The smallest absolute Gasteiger partial charge is 0.175 e. The Labute approximate surface area is 187 Å². The Kier molecular flexibility index (Phi) is 9.91. The van der Waals surface area contributed by atoms with Gasteiger partial charge in [0.25, 0.3) is 0 Å². The monoisotopic (exact) mass is 485 g/mol. The zero-order valence-corrected chi connectivity index (χ0v) is 19.4. The molecule has 0 unspecified atom stereocenters. The lowest BCUT2D eigenvalue weighted by atomic mass is 10.2. The van der Waals surface area contributed by atoms with Crippen molar-refractivity contribution in [2.75, 3.05) is 26.9 Å². The molecule has 160 valence electrons. The van der Waals surface area contributed by atoms with Gasteiger partial charge in [0.05, 0.1) is 11.6 Å². The predicted molar refractivity (Wildman–Crippen MR) is 121 cm³/mol. The van der Waals surface area contributed by atoms with E-state index in [2.05, 4.69) is 34.2 Å². The van der Waals surface area contributed by atoms with Gasteiger partial charge in [-0.1, -0.05) is 25.8 Å². The number of hydrogen-bond donors (Lipinski definition) is 1. The van der Waals surface area contributed by atoms with Gasteiger partial charge in [0.15, 0.2) is 23.0 Å². The van der Waals surface area contributed by atoms with Crippen molar-refractivity contribution in [3.8, 4) is 23.0 Å². The van der Waals surface area contributed by atoms with E-state index >= 15 is 0 Å². The molecule has 2 aromatic rings. The molecule has 0 aliphatic carbocycles. The molecule has 0 spiro atoms. The molecule has 0 saturated heterocycles. The highest BCUT2D eigenvalue weighted by Crippen LogP contribution is 2.38. The molecule has 29 heavy (non-hydrogen) atoms. The van der Waals surface area contributed by atoms with Crippen LogP contribution in [-0.2, 0) is 13.2 Å². The Bertz CT molecular complexity index is 788. The Balaban J connectivity index is 0.00000300. The maximum Gasteiger partial charge on any atom is 0.175 e. The van der Waals surface area contributed by atoms with Gasteiger partial charge in [-0.05, 0) is 64.3 Å². The van der Waals surface area contributed by atoms with Crippen molar-refractivity contribution in [1.82, 2.24) is 5.32 Å². The van der Waals surface area contributed by atoms with Gasteiger partial charge in [-0.15, -0.1) is 12.4 Å². The summed E-state index contributed by atoms with van der Waals surface area (Å²) in [6, 6.07) is 9.98. The van der Waals surface area contributed by atoms with Crippen LogP contribution in [-0.4, -0.2) is 26.9 Å². The number of unbranched alkanes of at least 4 members (excludes halogenated alkanes) is 2. The van der Waals surface area contributed by atoms with Crippen LogP contribution in [0.15, 0.2) is 34.8 Å². The Hall–Kier alpha value is -1.63. The molecule has 0 fully saturated rings. The molecule has 0 radical (unpaired) electrons. The fourth-order valence-electron chi connectivity index (χ4n) is 3.08. The van der Waals surface area contributed by atoms with E-state index in [4.69, 9.17) is 18.9 Å². The number of nitrogens with one attached hydrogen (secondary N) is 1. The zero-order chi connectivity index (χ0) is 19.8. The first kappa shape index (κ1) is 23.6. The van der Waals surface area contributed by atoms with Crippen molar-refractivity contribution in [2.24, 2.45) is 0 Å². The number of hydrogen-bond acceptors (Lipinski definition) is 5. The molecular formula is C22H29BrClNO4. The van der Waals surface area contributed by atoms with E-state index in [0.29, 0.717) is 25.6 Å². The lowest BCUT2D eigenvalue weighted by Crippen LogP contribution is -2.15. The van der Waals surface area contributed by atoms with Crippen LogP contribution in [0.4, 0.5) is 0 Å². The molecule has 0 aromatic heterocycles. The fourth-order valence-corrected chi connectivity index (χ4v) is 3.69. The summed E-state index contributed by atoms with van der Waals surface area (Å²) in [5.74, 6) is 2.97. The minimum atomic E-state index is 0. The van der Waals surface area contributed by atoms with E-state index in [0.717, 1.165) is 45.9 Å². The quantitative estimate of drug-likeness (QED) is 0.449. The summed E-state index contributed by atoms with van der Waals surface area (Å²) in [6.07, 6.45) is 3.69. The van der Waals surface area contributed by atoms with Crippen molar-refractivity contribution in [2.45, 2.75) is 39.3 Å². The zero-order valence-electron chi connectivity index (χ0n) is 17.0. The molecule has 0 saturated carbocycles. The molecule has 0 atom stereocenters. The molecule has 0 amide bonds. The van der Waals surface area contributed by atoms with Gasteiger partial charge in [0, 0.05) is 6.54 Å². The van der Waals surface area contributed by atoms with Gasteiger partial charge in [-0.3, -0.25) is 0 Å². The minimum Gasteiger partial charge on any atom is -0.493 e. The number of halogens is 2. The second-order valence-electron chi connectivity index (χ2n) is 6.76. The van der Waals surface area contributed by atoms with E-state index in [9.17, 15) is 0 Å². The fraction of sp³-hybridized carbons (Fsp3) is 0.455.